The third-order valence-electron chi connectivity index (χ3n) is 2.76. The maximum absolute atomic E-state index is 5.19. The third-order valence-corrected chi connectivity index (χ3v) is 2.76. The van der Waals surface area contributed by atoms with Gasteiger partial charge in [0.1, 0.15) is 0 Å². The molecule has 0 aromatic rings. The summed E-state index contributed by atoms with van der Waals surface area (Å²) in [5, 5.41) is 0. The summed E-state index contributed by atoms with van der Waals surface area (Å²) in [6.45, 7) is 7.69. The van der Waals surface area contributed by atoms with E-state index >= 15 is 0 Å². The minimum absolute atomic E-state index is 0.162. The van der Waals surface area contributed by atoms with Crippen LogP contribution in [0.25, 0.3) is 0 Å². The minimum atomic E-state index is 0.162. The third kappa shape index (κ3) is 1.97. The van der Waals surface area contributed by atoms with Crippen molar-refractivity contribution >= 4 is 0 Å². The lowest BCUT2D eigenvalue weighted by molar-refractivity contribution is 0.000791. The highest BCUT2D eigenvalue weighted by Crippen LogP contribution is 2.23. The van der Waals surface area contributed by atoms with Gasteiger partial charge in [-0.2, -0.15) is 0 Å². The molecule has 1 fully saturated rings. The van der Waals surface area contributed by atoms with E-state index in [0.717, 1.165) is 0 Å². The van der Waals surface area contributed by atoms with Crippen LogP contribution in [0, 0.1) is 0 Å². The molecule has 0 aromatic heterocycles. The van der Waals surface area contributed by atoms with Crippen molar-refractivity contribution < 1.29 is 4.84 Å². The van der Waals surface area contributed by atoms with E-state index in [9.17, 15) is 0 Å². The van der Waals surface area contributed by atoms with Crippen molar-refractivity contribution in [3.8, 4) is 0 Å². The Kier molecular flexibility index (Phi) is 3.50. The first-order valence-corrected chi connectivity index (χ1v) is 4.78. The number of nitrogens with two attached hydrogens (primary N) is 1. The zero-order valence-corrected chi connectivity index (χ0v) is 8.29. The zero-order chi connectivity index (χ0) is 9.14. The van der Waals surface area contributed by atoms with Gasteiger partial charge in [0.15, 0.2) is 0 Å². The molecule has 1 aliphatic heterocycles. The van der Waals surface area contributed by atoms with Gasteiger partial charge in [-0.05, 0) is 40.2 Å². The average Bonchev–Trinajstić information content (AvgIpc) is 2.50. The van der Waals surface area contributed by atoms with E-state index in [-0.39, 0.29) is 6.10 Å². The first-order chi connectivity index (χ1) is 5.66. The molecule has 2 atom stereocenters. The number of nitrogens with zero attached hydrogens (tertiary/aromatic N) is 1. The lowest BCUT2D eigenvalue weighted by atomic mass is 10.1. The average molecular weight is 172 g/mol. The SMILES string of the molecule is CC(ON)C1CCCN1C(C)C. The van der Waals surface area contributed by atoms with Crippen LogP contribution in [0.2, 0.25) is 0 Å². The lowest BCUT2D eigenvalue weighted by Crippen LogP contribution is -2.43. The van der Waals surface area contributed by atoms with E-state index in [1.165, 1.54) is 19.4 Å². The molecule has 0 spiro atoms. The molecule has 1 rings (SSSR count). The van der Waals surface area contributed by atoms with Crippen molar-refractivity contribution in [1.29, 1.82) is 0 Å². The van der Waals surface area contributed by atoms with Crippen molar-refractivity contribution in [2.45, 2.75) is 51.8 Å². The molecule has 0 radical (unpaired) electrons. The fraction of sp³-hybridized carbons (Fsp3) is 1.00. The summed E-state index contributed by atoms with van der Waals surface area (Å²) < 4.78 is 0. The fourth-order valence-corrected chi connectivity index (χ4v) is 2.05. The highest BCUT2D eigenvalue weighted by atomic mass is 16.6. The van der Waals surface area contributed by atoms with Crippen molar-refractivity contribution in [3.63, 3.8) is 0 Å². The maximum atomic E-state index is 5.19. The van der Waals surface area contributed by atoms with Gasteiger partial charge in [0.05, 0.1) is 6.10 Å². The van der Waals surface area contributed by atoms with Crippen LogP contribution in [0.15, 0.2) is 0 Å². The van der Waals surface area contributed by atoms with Crippen LogP contribution in [-0.4, -0.2) is 29.6 Å². The van der Waals surface area contributed by atoms with Gasteiger partial charge in [-0.3, -0.25) is 9.74 Å². The Bertz CT molecular complexity index is 138. The van der Waals surface area contributed by atoms with Crippen molar-refractivity contribution in [3.05, 3.63) is 0 Å². The van der Waals surface area contributed by atoms with Crippen LogP contribution in [-0.2, 0) is 4.84 Å². The van der Waals surface area contributed by atoms with Crippen molar-refractivity contribution in [2.75, 3.05) is 6.54 Å². The Morgan fingerprint density at radius 2 is 2.08 bits per heavy atom. The Labute approximate surface area is 74.8 Å². The molecule has 3 nitrogen and oxygen atoms in total. The smallest absolute Gasteiger partial charge is 0.0914 e. The van der Waals surface area contributed by atoms with Gasteiger partial charge in [0.2, 0.25) is 0 Å². The number of hydrogen-bond acceptors (Lipinski definition) is 3. The number of likely N-dealkylation sites (tertiary alicyclic amines) is 1. The van der Waals surface area contributed by atoms with Crippen LogP contribution in [0.5, 0.6) is 0 Å². The molecule has 72 valence electrons. The van der Waals surface area contributed by atoms with E-state index in [2.05, 4.69) is 18.7 Å². The summed E-state index contributed by atoms with van der Waals surface area (Å²) in [6, 6.07) is 1.13. The molecule has 3 heteroatoms. The van der Waals surface area contributed by atoms with E-state index < -0.39 is 0 Å². The van der Waals surface area contributed by atoms with Crippen molar-refractivity contribution in [1.82, 2.24) is 4.90 Å². The normalized spacial score (nSPS) is 28.2. The van der Waals surface area contributed by atoms with E-state index in [1.54, 1.807) is 0 Å². The summed E-state index contributed by atoms with van der Waals surface area (Å²) in [5.41, 5.74) is 0. The molecule has 2 unspecified atom stereocenters. The summed E-state index contributed by atoms with van der Waals surface area (Å²) >= 11 is 0. The van der Waals surface area contributed by atoms with Crippen LogP contribution >= 0.6 is 0 Å². The van der Waals surface area contributed by atoms with Gasteiger partial charge in [-0.1, -0.05) is 0 Å². The molecule has 0 bridgehead atoms. The Hall–Kier alpha value is -0.120. The fourth-order valence-electron chi connectivity index (χ4n) is 2.05. The first kappa shape index (κ1) is 9.96. The van der Waals surface area contributed by atoms with Crippen molar-refractivity contribution in [2.24, 2.45) is 5.90 Å². The van der Waals surface area contributed by atoms with Gasteiger partial charge >= 0.3 is 0 Å². The molecule has 12 heavy (non-hydrogen) atoms. The lowest BCUT2D eigenvalue weighted by Gasteiger charge is -2.31. The molecule has 0 aliphatic carbocycles. The summed E-state index contributed by atoms with van der Waals surface area (Å²) in [5.74, 6) is 5.19. The topological polar surface area (TPSA) is 38.5 Å². The van der Waals surface area contributed by atoms with Crippen LogP contribution < -0.4 is 5.90 Å². The molecular weight excluding hydrogens is 152 g/mol. The molecule has 0 saturated carbocycles. The molecule has 0 amide bonds. The summed E-state index contributed by atoms with van der Waals surface area (Å²) in [7, 11) is 0. The first-order valence-electron chi connectivity index (χ1n) is 4.78. The number of rotatable bonds is 3. The molecular formula is C9H20N2O. The van der Waals surface area contributed by atoms with E-state index in [1.807, 2.05) is 6.92 Å². The Morgan fingerprint density at radius 1 is 1.42 bits per heavy atom. The second-order valence-corrected chi connectivity index (χ2v) is 3.88. The Balaban J connectivity index is 2.51. The predicted molar refractivity (Wildman–Crippen MR) is 49.6 cm³/mol. The molecule has 0 aromatic carbocycles. The largest absolute Gasteiger partial charge is 0.300 e. The van der Waals surface area contributed by atoms with Crippen LogP contribution in [0.4, 0.5) is 0 Å². The van der Waals surface area contributed by atoms with Gasteiger partial charge in [-0.15, -0.1) is 0 Å². The quantitative estimate of drug-likeness (QED) is 0.649. The highest BCUT2D eigenvalue weighted by Gasteiger charge is 2.30. The second-order valence-electron chi connectivity index (χ2n) is 3.88. The predicted octanol–water partition coefficient (Wildman–Crippen LogP) is 1.14. The molecule has 1 aliphatic rings. The Morgan fingerprint density at radius 3 is 2.58 bits per heavy atom. The molecule has 2 N–H and O–H groups in total. The van der Waals surface area contributed by atoms with Crippen LogP contribution in [0.1, 0.15) is 33.6 Å². The summed E-state index contributed by atoms with van der Waals surface area (Å²) in [6.07, 6.45) is 2.66. The molecule has 1 saturated heterocycles. The standard InChI is InChI=1S/C9H20N2O/c1-7(2)11-6-4-5-9(11)8(3)12-10/h7-9H,4-6,10H2,1-3H3. The van der Waals surface area contributed by atoms with Gasteiger partial charge in [0, 0.05) is 12.1 Å². The van der Waals surface area contributed by atoms with Gasteiger partial charge in [0.25, 0.3) is 0 Å². The van der Waals surface area contributed by atoms with Gasteiger partial charge < -0.3 is 0 Å². The number of hydrogen-bond donors (Lipinski definition) is 1. The maximum Gasteiger partial charge on any atom is 0.0914 e. The minimum Gasteiger partial charge on any atom is -0.300 e. The highest BCUT2D eigenvalue weighted by molar-refractivity contribution is 4.85. The molecule has 1 heterocycles. The van der Waals surface area contributed by atoms with E-state index in [0.29, 0.717) is 12.1 Å². The van der Waals surface area contributed by atoms with Crippen LogP contribution in [0.3, 0.4) is 0 Å². The zero-order valence-electron chi connectivity index (χ0n) is 8.29. The monoisotopic (exact) mass is 172 g/mol. The van der Waals surface area contributed by atoms with E-state index in [4.69, 9.17) is 10.7 Å². The van der Waals surface area contributed by atoms with Gasteiger partial charge in [-0.25, -0.2) is 5.90 Å². The second kappa shape index (κ2) is 4.21. The summed E-state index contributed by atoms with van der Waals surface area (Å²) in [4.78, 5) is 7.34.